The van der Waals surface area contributed by atoms with Crippen LogP contribution in [0, 0.1) is 0 Å². The van der Waals surface area contributed by atoms with E-state index in [1.165, 1.54) is 7.11 Å². The number of nitrogens with one attached hydrogen (secondary N) is 2. The fourth-order valence-electron chi connectivity index (χ4n) is 2.45. The second-order valence-corrected chi connectivity index (χ2v) is 5.13. The number of benzene rings is 2. The first kappa shape index (κ1) is 14.8. The van der Waals surface area contributed by atoms with Crippen LogP contribution in [0.5, 0.6) is 5.75 Å². The number of hydrogen-bond acceptors (Lipinski definition) is 3. The highest BCUT2D eigenvalue weighted by Gasteiger charge is 2.12. The highest BCUT2D eigenvalue weighted by atomic mass is 16.5. The van der Waals surface area contributed by atoms with E-state index in [9.17, 15) is 9.59 Å². The summed E-state index contributed by atoms with van der Waals surface area (Å²) in [6, 6.07) is 14.8. The third-order valence-corrected chi connectivity index (χ3v) is 3.61. The molecule has 0 unspecified atom stereocenters. The van der Waals surface area contributed by atoms with E-state index < -0.39 is 0 Å². The number of aromatic nitrogens is 1. The number of ether oxygens (including phenoxy) is 1. The second-order valence-electron chi connectivity index (χ2n) is 5.13. The van der Waals surface area contributed by atoms with Gasteiger partial charge in [0.25, 0.3) is 5.91 Å². The van der Waals surface area contributed by atoms with E-state index in [2.05, 4.69) is 10.3 Å². The van der Waals surface area contributed by atoms with Crippen molar-refractivity contribution >= 4 is 28.8 Å². The van der Waals surface area contributed by atoms with Crippen LogP contribution < -0.4 is 10.1 Å². The van der Waals surface area contributed by atoms with E-state index in [0.717, 1.165) is 22.8 Å². The molecule has 3 aromatic rings. The number of carbonyl (C=O) groups is 2. The fourth-order valence-corrected chi connectivity index (χ4v) is 2.45. The van der Waals surface area contributed by atoms with Gasteiger partial charge in [0.2, 0.25) is 0 Å². The van der Waals surface area contributed by atoms with Crippen LogP contribution in [0.25, 0.3) is 10.9 Å². The number of rotatable bonds is 5. The van der Waals surface area contributed by atoms with Crippen molar-refractivity contribution in [3.05, 3.63) is 59.8 Å². The van der Waals surface area contributed by atoms with Crippen molar-refractivity contribution in [3.8, 4) is 5.75 Å². The second kappa shape index (κ2) is 6.36. The third-order valence-electron chi connectivity index (χ3n) is 3.61. The summed E-state index contributed by atoms with van der Waals surface area (Å²) in [5.41, 5.74) is 2.78. The van der Waals surface area contributed by atoms with Gasteiger partial charge in [0.05, 0.1) is 12.8 Å². The highest BCUT2D eigenvalue weighted by molar-refractivity contribution is 6.06. The molecule has 0 spiro atoms. The Bertz CT molecular complexity index is 835. The molecule has 2 aromatic carbocycles. The summed E-state index contributed by atoms with van der Waals surface area (Å²) < 4.78 is 5.29. The number of hydrogen-bond donors (Lipinski definition) is 2. The minimum Gasteiger partial charge on any atom is -0.495 e. The normalized spacial score (nSPS) is 10.5. The molecule has 0 aliphatic heterocycles. The minimum absolute atomic E-state index is 0.248. The molecule has 0 saturated heterocycles. The van der Waals surface area contributed by atoms with Gasteiger partial charge in [0.1, 0.15) is 17.7 Å². The zero-order valence-electron chi connectivity index (χ0n) is 12.6. The molecule has 0 atom stereocenters. The maximum atomic E-state index is 12.4. The van der Waals surface area contributed by atoms with Crippen LogP contribution in [-0.2, 0) is 11.2 Å². The van der Waals surface area contributed by atoms with Crippen molar-refractivity contribution < 1.29 is 14.3 Å². The van der Waals surface area contributed by atoms with Gasteiger partial charge in [-0.15, -0.1) is 0 Å². The number of methoxy groups -OCH3 is 1. The SMILES string of the molecule is COc1cc(CC=O)ccc1NC(=O)c1cc2ccccc2[nH]1. The number of aldehydes is 1. The summed E-state index contributed by atoms with van der Waals surface area (Å²) in [5, 5.41) is 3.80. The molecular formula is C18H16N2O3. The highest BCUT2D eigenvalue weighted by Crippen LogP contribution is 2.26. The smallest absolute Gasteiger partial charge is 0.272 e. The van der Waals surface area contributed by atoms with Crippen LogP contribution in [0.3, 0.4) is 0 Å². The summed E-state index contributed by atoms with van der Waals surface area (Å²) in [6.45, 7) is 0. The third kappa shape index (κ3) is 3.08. The standard InChI is InChI=1S/C18H16N2O3/c1-23-17-10-12(8-9-21)6-7-15(17)20-18(22)16-11-13-4-2-3-5-14(13)19-16/h2-7,9-11,19H,8H2,1H3,(H,20,22). The van der Waals surface area contributed by atoms with E-state index in [0.29, 0.717) is 23.6 Å². The van der Waals surface area contributed by atoms with E-state index in [-0.39, 0.29) is 5.91 Å². The molecule has 0 radical (unpaired) electrons. The molecule has 0 fully saturated rings. The van der Waals surface area contributed by atoms with Crippen LogP contribution >= 0.6 is 0 Å². The first-order valence-corrected chi connectivity index (χ1v) is 7.21. The zero-order chi connectivity index (χ0) is 16.2. The number of aromatic amines is 1. The summed E-state index contributed by atoms with van der Waals surface area (Å²) in [5.74, 6) is 0.274. The van der Waals surface area contributed by atoms with Crippen molar-refractivity contribution in [2.45, 2.75) is 6.42 Å². The Hall–Kier alpha value is -3.08. The summed E-state index contributed by atoms with van der Waals surface area (Å²) in [6.07, 6.45) is 1.14. The number of para-hydroxylation sites is 1. The molecule has 23 heavy (non-hydrogen) atoms. The van der Waals surface area contributed by atoms with Gasteiger partial charge in [-0.3, -0.25) is 4.79 Å². The molecule has 0 bridgehead atoms. The van der Waals surface area contributed by atoms with Crippen LogP contribution in [0.2, 0.25) is 0 Å². The van der Waals surface area contributed by atoms with Crippen LogP contribution in [-0.4, -0.2) is 24.3 Å². The van der Waals surface area contributed by atoms with Crippen molar-refractivity contribution in [2.24, 2.45) is 0 Å². The van der Waals surface area contributed by atoms with Gasteiger partial charge in [-0.25, -0.2) is 0 Å². The first-order valence-electron chi connectivity index (χ1n) is 7.21. The summed E-state index contributed by atoms with van der Waals surface area (Å²) >= 11 is 0. The van der Waals surface area contributed by atoms with Gasteiger partial charge in [-0.05, 0) is 29.8 Å². The van der Waals surface area contributed by atoms with E-state index >= 15 is 0 Å². The van der Waals surface area contributed by atoms with Gasteiger partial charge in [0.15, 0.2) is 0 Å². The van der Waals surface area contributed by atoms with Crippen molar-refractivity contribution in [1.82, 2.24) is 4.98 Å². The number of H-pyrrole nitrogens is 1. The lowest BCUT2D eigenvalue weighted by Gasteiger charge is -2.10. The van der Waals surface area contributed by atoms with E-state index in [1.54, 1.807) is 24.3 Å². The van der Waals surface area contributed by atoms with Crippen molar-refractivity contribution in [3.63, 3.8) is 0 Å². The maximum Gasteiger partial charge on any atom is 0.272 e. The quantitative estimate of drug-likeness (QED) is 0.711. The summed E-state index contributed by atoms with van der Waals surface area (Å²) in [4.78, 5) is 26.1. The van der Waals surface area contributed by atoms with Gasteiger partial charge in [-0.1, -0.05) is 24.3 Å². The van der Waals surface area contributed by atoms with Crippen molar-refractivity contribution in [2.75, 3.05) is 12.4 Å². The number of anilines is 1. The molecule has 5 nitrogen and oxygen atoms in total. The van der Waals surface area contributed by atoms with Gasteiger partial charge < -0.3 is 19.8 Å². The molecule has 1 heterocycles. The average Bonchev–Trinajstić information content (AvgIpc) is 3.00. The van der Waals surface area contributed by atoms with Crippen molar-refractivity contribution in [1.29, 1.82) is 0 Å². The molecule has 5 heteroatoms. The van der Waals surface area contributed by atoms with Gasteiger partial charge >= 0.3 is 0 Å². The molecule has 3 rings (SSSR count). The molecule has 0 saturated carbocycles. The van der Waals surface area contributed by atoms with E-state index in [1.807, 2.05) is 24.3 Å². The lowest BCUT2D eigenvalue weighted by Crippen LogP contribution is -2.13. The Kier molecular flexibility index (Phi) is 4.10. The minimum atomic E-state index is -0.248. The fraction of sp³-hybridized carbons (Fsp3) is 0.111. The molecule has 2 N–H and O–H groups in total. The van der Waals surface area contributed by atoms with Gasteiger partial charge in [-0.2, -0.15) is 0 Å². The molecule has 0 aliphatic rings. The first-order chi connectivity index (χ1) is 11.2. The zero-order valence-corrected chi connectivity index (χ0v) is 12.6. The molecule has 1 aromatic heterocycles. The molecule has 1 amide bonds. The lowest BCUT2D eigenvalue weighted by atomic mass is 10.1. The Labute approximate surface area is 133 Å². The number of amides is 1. The van der Waals surface area contributed by atoms with Crippen LogP contribution in [0.15, 0.2) is 48.5 Å². The van der Waals surface area contributed by atoms with E-state index in [4.69, 9.17) is 4.74 Å². The lowest BCUT2D eigenvalue weighted by molar-refractivity contribution is -0.107. The Morgan fingerprint density at radius 2 is 2.04 bits per heavy atom. The monoisotopic (exact) mass is 308 g/mol. The number of fused-ring (bicyclic) bond motifs is 1. The predicted molar refractivity (Wildman–Crippen MR) is 89.0 cm³/mol. The van der Waals surface area contributed by atoms with Crippen LogP contribution in [0.1, 0.15) is 16.1 Å². The maximum absolute atomic E-state index is 12.4. The Balaban J connectivity index is 1.85. The average molecular weight is 308 g/mol. The summed E-state index contributed by atoms with van der Waals surface area (Å²) in [7, 11) is 1.53. The number of carbonyl (C=O) groups excluding carboxylic acids is 2. The largest absolute Gasteiger partial charge is 0.495 e. The predicted octanol–water partition coefficient (Wildman–Crippen LogP) is 3.17. The topological polar surface area (TPSA) is 71.2 Å². The van der Waals surface area contributed by atoms with Crippen LogP contribution in [0.4, 0.5) is 5.69 Å². The molecule has 0 aliphatic carbocycles. The Morgan fingerprint density at radius 3 is 2.78 bits per heavy atom. The molecule has 116 valence electrons. The molecular weight excluding hydrogens is 292 g/mol. The van der Waals surface area contributed by atoms with Gasteiger partial charge in [0, 0.05) is 17.3 Å². The Morgan fingerprint density at radius 1 is 1.22 bits per heavy atom.